The molecule has 0 saturated carbocycles. The van der Waals surface area contributed by atoms with Crippen molar-refractivity contribution in [3.63, 3.8) is 0 Å². The molecule has 52 heavy (non-hydrogen) atoms. The molecule has 9 nitrogen and oxygen atoms in total. The molecule has 6 aromatic carbocycles. The van der Waals surface area contributed by atoms with Gasteiger partial charge in [0.1, 0.15) is 6.04 Å². The molecule has 0 spiro atoms. The van der Waals surface area contributed by atoms with E-state index in [0.717, 1.165) is 72.6 Å². The minimum absolute atomic E-state index is 0.0246. The maximum Gasteiger partial charge on any atom is 0.243 e. The number of hydrogen-bond acceptors (Lipinski definition) is 6. The fourth-order valence-corrected chi connectivity index (χ4v) is 9.81. The molecule has 1 fully saturated rings. The third kappa shape index (κ3) is 5.91. The Morgan fingerprint density at radius 2 is 1.58 bits per heavy atom. The van der Waals surface area contributed by atoms with E-state index in [1.54, 1.807) is 12.1 Å². The number of nitrogens with two attached hydrogens (primary N) is 1. The van der Waals surface area contributed by atoms with Gasteiger partial charge in [-0.15, -0.1) is 0 Å². The molecule has 6 aromatic rings. The Bertz CT molecular complexity index is 2480. The van der Waals surface area contributed by atoms with E-state index in [2.05, 4.69) is 53.1 Å². The smallest absolute Gasteiger partial charge is 0.243 e. The molecule has 5 N–H and O–H groups in total. The van der Waals surface area contributed by atoms with Crippen molar-refractivity contribution in [2.24, 2.45) is 5.73 Å². The van der Waals surface area contributed by atoms with E-state index >= 15 is 0 Å². The lowest BCUT2D eigenvalue weighted by Crippen LogP contribution is -2.57. The molecule has 1 aliphatic carbocycles. The number of rotatable bonds is 8. The first-order valence-electron chi connectivity index (χ1n) is 17.8. The lowest BCUT2D eigenvalue weighted by molar-refractivity contribution is -0.130. The van der Waals surface area contributed by atoms with Gasteiger partial charge < -0.3 is 21.5 Å². The molecule has 1 aliphatic heterocycles. The van der Waals surface area contributed by atoms with E-state index in [0.29, 0.717) is 5.69 Å². The monoisotopic (exact) mass is 712 g/mol. The molecule has 2 amide bonds. The number of hydrogen-bond donors (Lipinski definition) is 4. The average molecular weight is 713 g/mol. The number of amides is 2. The number of carbonyl (C=O) groups is 2. The number of aliphatic hydroxyl groups is 1. The van der Waals surface area contributed by atoms with Crippen molar-refractivity contribution in [3.8, 4) is 0 Å². The predicted octanol–water partition coefficient (Wildman–Crippen LogP) is 6.08. The highest BCUT2D eigenvalue weighted by Crippen LogP contribution is 2.45. The molecule has 0 aromatic heterocycles. The second-order valence-electron chi connectivity index (χ2n) is 13.7. The number of aliphatic hydroxyl groups excluding tert-OH is 1. The summed E-state index contributed by atoms with van der Waals surface area (Å²) in [4.78, 5) is 27.3. The highest BCUT2D eigenvalue weighted by atomic mass is 32.2. The zero-order valence-corrected chi connectivity index (χ0v) is 29.5. The summed E-state index contributed by atoms with van der Waals surface area (Å²) in [5, 5.41) is 22.5. The lowest BCUT2D eigenvalue weighted by Gasteiger charge is -2.34. The van der Waals surface area contributed by atoms with Crippen molar-refractivity contribution in [2.75, 3.05) is 18.4 Å². The summed E-state index contributed by atoms with van der Waals surface area (Å²) in [6.07, 6.45) is 2.37. The van der Waals surface area contributed by atoms with Gasteiger partial charge in [-0.25, -0.2) is 8.42 Å². The Hall–Kier alpha value is -5.13. The van der Waals surface area contributed by atoms with Crippen LogP contribution < -0.4 is 16.4 Å². The van der Waals surface area contributed by atoms with Crippen LogP contribution in [0.5, 0.6) is 0 Å². The molecule has 0 radical (unpaired) electrons. The first-order valence-corrected chi connectivity index (χ1v) is 19.2. The summed E-state index contributed by atoms with van der Waals surface area (Å²) in [5.74, 6) is -0.986. The molecule has 8 rings (SSSR count). The molecule has 0 bridgehead atoms. The summed E-state index contributed by atoms with van der Waals surface area (Å²) in [6.45, 7) is 0.416. The summed E-state index contributed by atoms with van der Waals surface area (Å²) in [7, 11) is -4.08. The number of carbonyl (C=O) groups excluding carboxylic acids is 2. The van der Waals surface area contributed by atoms with E-state index in [9.17, 15) is 23.1 Å². The molecule has 1 heterocycles. The summed E-state index contributed by atoms with van der Waals surface area (Å²) < 4.78 is 28.8. The third-order valence-corrected chi connectivity index (χ3v) is 12.7. The number of benzene rings is 6. The van der Waals surface area contributed by atoms with Crippen LogP contribution in [0.2, 0.25) is 0 Å². The highest BCUT2D eigenvalue weighted by Gasteiger charge is 2.40. The van der Waals surface area contributed by atoms with Crippen molar-refractivity contribution in [1.82, 2.24) is 9.62 Å². The number of aryl methyl sites for hydroxylation is 1. The van der Waals surface area contributed by atoms with Crippen LogP contribution in [0.4, 0.5) is 5.69 Å². The van der Waals surface area contributed by atoms with E-state index < -0.39 is 27.9 Å². The summed E-state index contributed by atoms with van der Waals surface area (Å²) in [5.41, 5.74) is 11.5. The number of piperazine rings is 1. The van der Waals surface area contributed by atoms with Crippen molar-refractivity contribution < 1.29 is 23.1 Å². The Balaban J connectivity index is 1.17. The molecule has 0 unspecified atom stereocenters. The average Bonchev–Trinajstić information content (AvgIpc) is 3.18. The van der Waals surface area contributed by atoms with Gasteiger partial charge in [-0.1, -0.05) is 84.9 Å². The minimum Gasteiger partial charge on any atom is -0.392 e. The normalized spacial score (nSPS) is 18.0. The maximum absolute atomic E-state index is 14.1. The van der Waals surface area contributed by atoms with Crippen LogP contribution in [-0.2, 0) is 39.2 Å². The van der Waals surface area contributed by atoms with Gasteiger partial charge in [0, 0.05) is 30.9 Å². The van der Waals surface area contributed by atoms with Gasteiger partial charge in [0.25, 0.3) is 0 Å². The molecular formula is C42H40N4O5S. The van der Waals surface area contributed by atoms with Crippen molar-refractivity contribution in [1.29, 1.82) is 0 Å². The first kappa shape index (κ1) is 34.0. The molecule has 2 atom stereocenters. The van der Waals surface area contributed by atoms with Gasteiger partial charge in [0.2, 0.25) is 21.8 Å². The van der Waals surface area contributed by atoms with E-state index in [4.69, 9.17) is 5.73 Å². The predicted molar refractivity (Wildman–Crippen MR) is 204 cm³/mol. The van der Waals surface area contributed by atoms with Crippen LogP contribution in [-0.4, -0.2) is 48.8 Å². The number of anilines is 1. The Morgan fingerprint density at radius 3 is 2.35 bits per heavy atom. The Kier molecular flexibility index (Phi) is 9.00. The van der Waals surface area contributed by atoms with Gasteiger partial charge >= 0.3 is 0 Å². The van der Waals surface area contributed by atoms with Gasteiger partial charge in [-0.2, -0.15) is 4.31 Å². The summed E-state index contributed by atoms with van der Waals surface area (Å²) in [6, 6.07) is 31.8. The minimum atomic E-state index is -4.08. The van der Waals surface area contributed by atoms with E-state index in [1.165, 1.54) is 23.3 Å². The van der Waals surface area contributed by atoms with Gasteiger partial charge in [-0.05, 0) is 92.2 Å². The zero-order chi connectivity index (χ0) is 36.0. The van der Waals surface area contributed by atoms with Crippen LogP contribution in [0, 0.1) is 0 Å². The maximum atomic E-state index is 14.1. The van der Waals surface area contributed by atoms with Crippen LogP contribution in [0.25, 0.3) is 32.3 Å². The fraction of sp³-hybridized carbons (Fsp3) is 0.238. The number of nitrogens with zero attached hydrogens (tertiary/aromatic N) is 1. The molecule has 264 valence electrons. The molecule has 1 saturated heterocycles. The third-order valence-electron chi connectivity index (χ3n) is 10.8. The van der Waals surface area contributed by atoms with Crippen molar-refractivity contribution in [3.05, 3.63) is 131 Å². The molecule has 2 aliphatic rings. The van der Waals surface area contributed by atoms with Crippen LogP contribution in [0.3, 0.4) is 0 Å². The lowest BCUT2D eigenvalue weighted by atomic mass is 9.75. The molecular weight excluding hydrogens is 673 g/mol. The quantitative estimate of drug-likeness (QED) is 0.141. The van der Waals surface area contributed by atoms with Gasteiger partial charge in [0.05, 0.1) is 23.6 Å². The first-order chi connectivity index (χ1) is 25.3. The molecule has 10 heteroatoms. The van der Waals surface area contributed by atoms with Crippen LogP contribution in [0.1, 0.15) is 53.0 Å². The number of nitrogens with one attached hydrogen (secondary N) is 2. The zero-order valence-electron chi connectivity index (χ0n) is 28.6. The number of fused-ring (bicyclic) bond motifs is 6. The standard InChI is InChI=1S/C42H40N4O5S/c43-24-26-12-15-29(16-13-26)52(50,51)46-21-20-44-42(49)39(46)23-40(48)45-41-31-8-2-1-6-27(31)14-17-37(41)33-10-5-11-34-35(33)18-19-36-32-9-4-3-7-30(32)28(25-47)22-38(34)36/h1-4,6-9,12-19,22,33,39,47H,5,10-11,20-21,23-25,43H2,(H,44,49)(H,45,48)/t33-,39-/m1/s1. The second-order valence-corrected chi connectivity index (χ2v) is 15.6. The van der Waals surface area contributed by atoms with E-state index in [1.807, 2.05) is 36.4 Å². The topological polar surface area (TPSA) is 142 Å². The van der Waals surface area contributed by atoms with Crippen molar-refractivity contribution >= 4 is 59.8 Å². The van der Waals surface area contributed by atoms with Gasteiger partial charge in [0.15, 0.2) is 0 Å². The van der Waals surface area contributed by atoms with Gasteiger partial charge in [-0.3, -0.25) is 9.59 Å². The van der Waals surface area contributed by atoms with E-state index in [-0.39, 0.29) is 43.5 Å². The number of sulfonamides is 1. The highest BCUT2D eigenvalue weighted by molar-refractivity contribution is 7.89. The second kappa shape index (κ2) is 13.8. The van der Waals surface area contributed by atoms with Crippen LogP contribution >= 0.6 is 0 Å². The SMILES string of the molecule is NCc1ccc(S(=O)(=O)N2CCNC(=O)[C@H]2CC(=O)Nc2c([C@@H]3CCCc4c3ccc3c4cc(CO)c4ccccc43)ccc3ccccc23)cc1. The fourth-order valence-electron chi connectivity index (χ4n) is 8.22. The van der Waals surface area contributed by atoms with Crippen LogP contribution in [0.15, 0.2) is 108 Å². The summed E-state index contributed by atoms with van der Waals surface area (Å²) >= 11 is 0. The largest absolute Gasteiger partial charge is 0.392 e. The Morgan fingerprint density at radius 1 is 0.865 bits per heavy atom. The Labute approximate surface area is 302 Å². The van der Waals surface area contributed by atoms with Crippen molar-refractivity contribution in [2.45, 2.75) is 55.7 Å².